The van der Waals surface area contributed by atoms with E-state index in [4.69, 9.17) is 4.42 Å². The maximum absolute atomic E-state index is 12.3. The summed E-state index contributed by atoms with van der Waals surface area (Å²) >= 11 is 0. The van der Waals surface area contributed by atoms with Crippen molar-refractivity contribution in [1.29, 1.82) is 0 Å². The van der Waals surface area contributed by atoms with Gasteiger partial charge >= 0.3 is 0 Å². The average Bonchev–Trinajstić information content (AvgIpc) is 3.28. The molecular formula is C24H20N2O3. The topological polar surface area (TPSA) is 71.3 Å². The summed E-state index contributed by atoms with van der Waals surface area (Å²) in [4.78, 5) is 24.4. The first-order valence-electron chi connectivity index (χ1n) is 9.35. The molecule has 29 heavy (non-hydrogen) atoms. The molecule has 1 heterocycles. The van der Waals surface area contributed by atoms with Gasteiger partial charge in [0.2, 0.25) is 5.91 Å². The van der Waals surface area contributed by atoms with Gasteiger partial charge in [-0.3, -0.25) is 9.59 Å². The van der Waals surface area contributed by atoms with Crippen LogP contribution >= 0.6 is 0 Å². The van der Waals surface area contributed by atoms with Crippen molar-refractivity contribution < 1.29 is 14.0 Å². The highest BCUT2D eigenvalue weighted by Gasteiger charge is 2.09. The lowest BCUT2D eigenvalue weighted by atomic mass is 10.0. The van der Waals surface area contributed by atoms with Gasteiger partial charge in [-0.25, -0.2) is 0 Å². The van der Waals surface area contributed by atoms with Gasteiger partial charge in [-0.15, -0.1) is 0 Å². The summed E-state index contributed by atoms with van der Waals surface area (Å²) in [5, 5.41) is 8.00. The van der Waals surface area contributed by atoms with Gasteiger partial charge in [0, 0.05) is 12.2 Å². The minimum absolute atomic E-state index is 0.0506. The van der Waals surface area contributed by atoms with Crippen molar-refractivity contribution in [2.24, 2.45) is 0 Å². The first-order chi connectivity index (χ1) is 14.2. The third-order valence-electron chi connectivity index (χ3n) is 4.60. The molecule has 4 aromatic rings. The number of hydrogen-bond acceptors (Lipinski definition) is 3. The highest BCUT2D eigenvalue weighted by molar-refractivity contribution is 6.02. The molecule has 0 spiro atoms. The van der Waals surface area contributed by atoms with E-state index in [0.717, 1.165) is 21.9 Å². The molecule has 0 atom stereocenters. The Morgan fingerprint density at radius 3 is 2.48 bits per heavy atom. The molecule has 144 valence electrons. The van der Waals surface area contributed by atoms with E-state index in [1.165, 1.54) is 6.26 Å². The van der Waals surface area contributed by atoms with Crippen LogP contribution in [0.3, 0.4) is 0 Å². The van der Waals surface area contributed by atoms with Gasteiger partial charge < -0.3 is 15.1 Å². The van der Waals surface area contributed by atoms with E-state index >= 15 is 0 Å². The summed E-state index contributed by atoms with van der Waals surface area (Å²) in [6.45, 7) is 0.386. The summed E-state index contributed by atoms with van der Waals surface area (Å²) in [6, 6.07) is 24.8. The van der Waals surface area contributed by atoms with E-state index in [0.29, 0.717) is 18.7 Å². The average molecular weight is 384 g/mol. The lowest BCUT2D eigenvalue weighted by Gasteiger charge is -2.09. The first kappa shape index (κ1) is 18.5. The Morgan fingerprint density at radius 1 is 0.793 bits per heavy atom. The third-order valence-corrected chi connectivity index (χ3v) is 4.60. The summed E-state index contributed by atoms with van der Waals surface area (Å²) in [5.74, 6) is -0.114. The van der Waals surface area contributed by atoms with Crippen molar-refractivity contribution in [3.63, 3.8) is 0 Å². The second-order valence-electron chi connectivity index (χ2n) is 6.77. The van der Waals surface area contributed by atoms with Crippen molar-refractivity contribution in [3.05, 3.63) is 102 Å². The van der Waals surface area contributed by atoms with Crippen LogP contribution in [-0.2, 0) is 17.8 Å². The van der Waals surface area contributed by atoms with Crippen LogP contribution in [0.2, 0.25) is 0 Å². The largest absolute Gasteiger partial charge is 0.459 e. The lowest BCUT2D eigenvalue weighted by Crippen LogP contribution is -2.24. The fourth-order valence-corrected chi connectivity index (χ4v) is 3.16. The predicted octanol–water partition coefficient (Wildman–Crippen LogP) is 4.54. The molecule has 1 aromatic heterocycles. The normalized spacial score (nSPS) is 10.6. The zero-order chi connectivity index (χ0) is 20.1. The molecule has 0 aliphatic carbocycles. The van der Waals surface area contributed by atoms with E-state index in [-0.39, 0.29) is 17.6 Å². The van der Waals surface area contributed by atoms with Crippen molar-refractivity contribution in [1.82, 2.24) is 5.32 Å². The number of fused-ring (bicyclic) bond motifs is 1. The van der Waals surface area contributed by atoms with E-state index in [1.807, 2.05) is 54.6 Å². The number of nitrogens with one attached hydrogen (secondary N) is 2. The van der Waals surface area contributed by atoms with Crippen molar-refractivity contribution in [2.75, 3.05) is 5.32 Å². The van der Waals surface area contributed by atoms with Gasteiger partial charge in [-0.2, -0.15) is 0 Å². The maximum atomic E-state index is 12.3. The summed E-state index contributed by atoms with van der Waals surface area (Å²) in [7, 11) is 0. The van der Waals surface area contributed by atoms with Gasteiger partial charge in [0.1, 0.15) is 0 Å². The second-order valence-corrected chi connectivity index (χ2v) is 6.77. The number of carbonyl (C=O) groups is 2. The molecule has 0 radical (unpaired) electrons. The first-order valence-corrected chi connectivity index (χ1v) is 9.35. The van der Waals surface area contributed by atoms with Gasteiger partial charge in [0.25, 0.3) is 5.91 Å². The number of anilines is 1. The zero-order valence-electron chi connectivity index (χ0n) is 15.7. The summed E-state index contributed by atoms with van der Waals surface area (Å²) in [5.41, 5.74) is 2.52. The molecular weight excluding hydrogens is 364 g/mol. The minimum Gasteiger partial charge on any atom is -0.459 e. The summed E-state index contributed by atoms with van der Waals surface area (Å²) < 4.78 is 5.09. The van der Waals surface area contributed by atoms with Crippen molar-refractivity contribution >= 4 is 28.3 Å². The Hall–Kier alpha value is -3.86. The number of hydrogen-bond donors (Lipinski definition) is 2. The lowest BCUT2D eigenvalue weighted by molar-refractivity contribution is -0.120. The Labute approximate surface area is 168 Å². The van der Waals surface area contributed by atoms with Crippen LogP contribution < -0.4 is 10.6 Å². The molecule has 3 aromatic carbocycles. The Kier molecular flexibility index (Phi) is 5.38. The molecule has 0 fully saturated rings. The summed E-state index contributed by atoms with van der Waals surface area (Å²) in [6.07, 6.45) is 1.77. The van der Waals surface area contributed by atoms with Gasteiger partial charge in [0.15, 0.2) is 5.76 Å². The molecule has 0 unspecified atom stereocenters. The number of rotatable bonds is 6. The number of benzene rings is 3. The molecule has 0 bridgehead atoms. The van der Waals surface area contributed by atoms with Crippen LogP contribution in [0.15, 0.2) is 89.5 Å². The smallest absolute Gasteiger partial charge is 0.291 e. The van der Waals surface area contributed by atoms with E-state index < -0.39 is 0 Å². The standard InChI is InChI=1S/C24H20N2O3/c27-23(15-17-10-11-19-6-1-2-7-20(19)13-17)25-16-18-5-3-8-21(14-18)26-24(28)22-9-4-12-29-22/h1-14H,15-16H2,(H,25,27)(H,26,28). The quantitative estimate of drug-likeness (QED) is 0.512. The van der Waals surface area contributed by atoms with Crippen molar-refractivity contribution in [2.45, 2.75) is 13.0 Å². The fraction of sp³-hybridized carbons (Fsp3) is 0.0833. The van der Waals surface area contributed by atoms with E-state index in [9.17, 15) is 9.59 Å². The molecule has 2 N–H and O–H groups in total. The van der Waals surface area contributed by atoms with Gasteiger partial charge in [-0.05, 0) is 46.2 Å². The van der Waals surface area contributed by atoms with Crippen LogP contribution in [0.1, 0.15) is 21.7 Å². The van der Waals surface area contributed by atoms with Crippen LogP contribution in [0.4, 0.5) is 5.69 Å². The predicted molar refractivity (Wildman–Crippen MR) is 113 cm³/mol. The second kappa shape index (κ2) is 8.44. The monoisotopic (exact) mass is 384 g/mol. The molecule has 2 amide bonds. The van der Waals surface area contributed by atoms with Crippen molar-refractivity contribution in [3.8, 4) is 0 Å². The molecule has 5 heteroatoms. The number of carbonyl (C=O) groups excluding carboxylic acids is 2. The third kappa shape index (κ3) is 4.71. The van der Waals surface area contributed by atoms with Crippen LogP contribution in [0.25, 0.3) is 10.8 Å². The molecule has 5 nitrogen and oxygen atoms in total. The van der Waals surface area contributed by atoms with Gasteiger partial charge in [0.05, 0.1) is 12.7 Å². The number of furan rings is 1. The van der Waals surface area contributed by atoms with Crippen LogP contribution in [-0.4, -0.2) is 11.8 Å². The minimum atomic E-state index is -0.313. The zero-order valence-corrected chi connectivity index (χ0v) is 15.7. The molecule has 0 saturated carbocycles. The van der Waals surface area contributed by atoms with E-state index in [2.05, 4.69) is 16.7 Å². The number of amides is 2. The highest BCUT2D eigenvalue weighted by atomic mass is 16.3. The Bertz CT molecular complexity index is 1150. The van der Waals surface area contributed by atoms with Gasteiger partial charge in [-0.1, -0.05) is 54.6 Å². The SMILES string of the molecule is O=C(Cc1ccc2ccccc2c1)NCc1cccc(NC(=O)c2ccco2)c1. The Balaban J connectivity index is 1.34. The molecule has 0 aliphatic heterocycles. The van der Waals surface area contributed by atoms with Crippen LogP contribution in [0, 0.1) is 0 Å². The highest BCUT2D eigenvalue weighted by Crippen LogP contribution is 2.16. The molecule has 4 rings (SSSR count). The Morgan fingerprint density at radius 2 is 1.66 bits per heavy atom. The molecule has 0 saturated heterocycles. The maximum Gasteiger partial charge on any atom is 0.291 e. The van der Waals surface area contributed by atoms with Crippen LogP contribution in [0.5, 0.6) is 0 Å². The molecule has 0 aliphatic rings. The fourth-order valence-electron chi connectivity index (χ4n) is 3.16. The van der Waals surface area contributed by atoms with E-state index in [1.54, 1.807) is 18.2 Å².